The summed E-state index contributed by atoms with van der Waals surface area (Å²) in [5, 5.41) is 7.90. The predicted molar refractivity (Wildman–Crippen MR) is 70.0 cm³/mol. The number of aromatic nitrogens is 2. The molecule has 0 aliphatic rings. The van der Waals surface area contributed by atoms with Gasteiger partial charge in [0.15, 0.2) is 0 Å². The molecule has 4 nitrogen and oxygen atoms in total. The lowest BCUT2D eigenvalue weighted by molar-refractivity contribution is 0.181. The molecule has 0 spiro atoms. The highest BCUT2D eigenvalue weighted by atomic mass is 16.5. The van der Waals surface area contributed by atoms with E-state index in [1.54, 1.807) is 7.11 Å². The second kappa shape index (κ2) is 8.25. The van der Waals surface area contributed by atoms with Crippen LogP contribution in [0.2, 0.25) is 0 Å². The van der Waals surface area contributed by atoms with Crippen molar-refractivity contribution in [2.75, 3.05) is 20.3 Å². The molecular weight excluding hydrogens is 214 g/mol. The van der Waals surface area contributed by atoms with Gasteiger partial charge in [0, 0.05) is 19.3 Å². The summed E-state index contributed by atoms with van der Waals surface area (Å²) >= 11 is 0. The van der Waals surface area contributed by atoms with Gasteiger partial charge in [0.25, 0.3) is 0 Å². The van der Waals surface area contributed by atoms with E-state index in [2.05, 4.69) is 30.3 Å². The van der Waals surface area contributed by atoms with Crippen molar-refractivity contribution < 1.29 is 4.74 Å². The first-order valence-corrected chi connectivity index (χ1v) is 6.57. The maximum Gasteiger partial charge on any atom is 0.0659 e. The zero-order valence-corrected chi connectivity index (χ0v) is 11.3. The quantitative estimate of drug-likeness (QED) is 0.719. The van der Waals surface area contributed by atoms with E-state index in [0.717, 1.165) is 13.1 Å². The maximum atomic E-state index is 5.11. The lowest BCUT2D eigenvalue weighted by atomic mass is 10.1. The van der Waals surface area contributed by atoms with Crippen molar-refractivity contribution in [3.63, 3.8) is 0 Å². The molecule has 1 N–H and O–H groups in total. The standard InChI is InChI=1S/C13H25N3O/c1-4-6-7-12(14-5-2)13-8-9-15-16(13)10-11-17-3/h8-9,12,14H,4-7,10-11H2,1-3H3. The van der Waals surface area contributed by atoms with Crippen LogP contribution in [0.1, 0.15) is 44.8 Å². The number of hydrogen-bond donors (Lipinski definition) is 1. The average Bonchev–Trinajstić information content (AvgIpc) is 2.80. The van der Waals surface area contributed by atoms with Crippen molar-refractivity contribution in [1.82, 2.24) is 15.1 Å². The third-order valence-electron chi connectivity index (χ3n) is 2.91. The van der Waals surface area contributed by atoms with Crippen LogP contribution in [0.5, 0.6) is 0 Å². The monoisotopic (exact) mass is 239 g/mol. The first-order valence-electron chi connectivity index (χ1n) is 6.57. The van der Waals surface area contributed by atoms with Crippen LogP contribution in [-0.2, 0) is 11.3 Å². The molecule has 0 aliphatic heterocycles. The topological polar surface area (TPSA) is 39.1 Å². The van der Waals surface area contributed by atoms with Gasteiger partial charge in [-0.3, -0.25) is 4.68 Å². The molecule has 0 amide bonds. The van der Waals surface area contributed by atoms with Gasteiger partial charge in [-0.05, 0) is 19.0 Å². The molecule has 0 saturated heterocycles. The summed E-state index contributed by atoms with van der Waals surface area (Å²) in [4.78, 5) is 0. The Morgan fingerprint density at radius 2 is 2.29 bits per heavy atom. The van der Waals surface area contributed by atoms with E-state index >= 15 is 0 Å². The Bertz CT molecular complexity index is 299. The Labute approximate surface area is 104 Å². The van der Waals surface area contributed by atoms with E-state index in [4.69, 9.17) is 4.74 Å². The van der Waals surface area contributed by atoms with Crippen molar-refractivity contribution in [1.29, 1.82) is 0 Å². The molecule has 1 aromatic heterocycles. The van der Waals surface area contributed by atoms with Gasteiger partial charge in [-0.2, -0.15) is 5.10 Å². The Hall–Kier alpha value is -0.870. The fraction of sp³-hybridized carbons (Fsp3) is 0.769. The smallest absolute Gasteiger partial charge is 0.0659 e. The van der Waals surface area contributed by atoms with Crippen LogP contribution in [0.25, 0.3) is 0 Å². The van der Waals surface area contributed by atoms with Crippen molar-refractivity contribution in [3.8, 4) is 0 Å². The van der Waals surface area contributed by atoms with E-state index in [1.165, 1.54) is 25.0 Å². The van der Waals surface area contributed by atoms with Crippen LogP contribution in [0, 0.1) is 0 Å². The van der Waals surface area contributed by atoms with E-state index < -0.39 is 0 Å². The first kappa shape index (κ1) is 14.2. The van der Waals surface area contributed by atoms with Gasteiger partial charge in [-0.25, -0.2) is 0 Å². The normalized spacial score (nSPS) is 12.9. The van der Waals surface area contributed by atoms with Gasteiger partial charge in [0.2, 0.25) is 0 Å². The zero-order chi connectivity index (χ0) is 12.5. The largest absolute Gasteiger partial charge is 0.383 e. The van der Waals surface area contributed by atoms with Crippen LogP contribution in [-0.4, -0.2) is 30.0 Å². The van der Waals surface area contributed by atoms with Crippen LogP contribution in [0.15, 0.2) is 12.3 Å². The Morgan fingerprint density at radius 1 is 1.47 bits per heavy atom. The van der Waals surface area contributed by atoms with E-state index in [0.29, 0.717) is 12.6 Å². The minimum atomic E-state index is 0.416. The fourth-order valence-electron chi connectivity index (χ4n) is 2.01. The van der Waals surface area contributed by atoms with Gasteiger partial charge in [-0.1, -0.05) is 26.7 Å². The summed E-state index contributed by atoms with van der Waals surface area (Å²) in [6, 6.07) is 2.53. The molecular formula is C13H25N3O. The highest BCUT2D eigenvalue weighted by Crippen LogP contribution is 2.19. The minimum absolute atomic E-state index is 0.416. The summed E-state index contributed by atoms with van der Waals surface area (Å²) in [7, 11) is 1.72. The van der Waals surface area contributed by atoms with Crippen LogP contribution < -0.4 is 5.32 Å². The Kier molecular flexibility index (Phi) is 6.89. The predicted octanol–water partition coefficient (Wildman–Crippen LogP) is 2.37. The molecule has 0 fully saturated rings. The van der Waals surface area contributed by atoms with Gasteiger partial charge >= 0.3 is 0 Å². The number of nitrogens with zero attached hydrogens (tertiary/aromatic N) is 2. The van der Waals surface area contributed by atoms with Crippen molar-refractivity contribution in [2.45, 2.75) is 45.7 Å². The SMILES string of the molecule is CCCCC(NCC)c1ccnn1CCOC. The van der Waals surface area contributed by atoms with Crippen LogP contribution in [0.3, 0.4) is 0 Å². The Morgan fingerprint density at radius 3 is 2.94 bits per heavy atom. The molecule has 1 unspecified atom stereocenters. The average molecular weight is 239 g/mol. The number of methoxy groups -OCH3 is 1. The second-order valence-corrected chi connectivity index (χ2v) is 4.22. The molecule has 0 radical (unpaired) electrons. The molecule has 98 valence electrons. The van der Waals surface area contributed by atoms with Gasteiger partial charge in [0.05, 0.1) is 18.8 Å². The molecule has 0 aromatic carbocycles. The van der Waals surface area contributed by atoms with E-state index in [1.807, 2.05) is 10.9 Å². The summed E-state index contributed by atoms with van der Waals surface area (Å²) in [6.07, 6.45) is 5.52. The van der Waals surface area contributed by atoms with Crippen molar-refractivity contribution >= 4 is 0 Å². The van der Waals surface area contributed by atoms with Gasteiger partial charge < -0.3 is 10.1 Å². The molecule has 1 heterocycles. The molecule has 0 aliphatic carbocycles. The lowest BCUT2D eigenvalue weighted by Gasteiger charge is -2.19. The number of nitrogens with one attached hydrogen (secondary N) is 1. The van der Waals surface area contributed by atoms with E-state index in [-0.39, 0.29) is 0 Å². The van der Waals surface area contributed by atoms with Crippen molar-refractivity contribution in [3.05, 3.63) is 18.0 Å². The van der Waals surface area contributed by atoms with Crippen molar-refractivity contribution in [2.24, 2.45) is 0 Å². The van der Waals surface area contributed by atoms with Crippen LogP contribution >= 0.6 is 0 Å². The molecule has 17 heavy (non-hydrogen) atoms. The number of rotatable bonds is 9. The van der Waals surface area contributed by atoms with Gasteiger partial charge in [0.1, 0.15) is 0 Å². The number of hydrogen-bond acceptors (Lipinski definition) is 3. The molecule has 0 bridgehead atoms. The highest BCUT2D eigenvalue weighted by Gasteiger charge is 2.14. The third kappa shape index (κ3) is 4.48. The number of ether oxygens (including phenoxy) is 1. The first-order chi connectivity index (χ1) is 8.33. The highest BCUT2D eigenvalue weighted by molar-refractivity contribution is 5.07. The fourth-order valence-corrected chi connectivity index (χ4v) is 2.01. The van der Waals surface area contributed by atoms with E-state index in [9.17, 15) is 0 Å². The van der Waals surface area contributed by atoms with Gasteiger partial charge in [-0.15, -0.1) is 0 Å². The van der Waals surface area contributed by atoms with Crippen LogP contribution in [0.4, 0.5) is 0 Å². The Balaban J connectivity index is 2.67. The number of unbranched alkanes of at least 4 members (excludes halogenated alkanes) is 1. The summed E-state index contributed by atoms with van der Waals surface area (Å²) in [5.74, 6) is 0. The molecule has 1 rings (SSSR count). The minimum Gasteiger partial charge on any atom is -0.383 e. The summed E-state index contributed by atoms with van der Waals surface area (Å²) in [5.41, 5.74) is 1.28. The second-order valence-electron chi connectivity index (χ2n) is 4.22. The molecule has 1 atom stereocenters. The molecule has 0 saturated carbocycles. The zero-order valence-electron chi connectivity index (χ0n) is 11.3. The summed E-state index contributed by atoms with van der Waals surface area (Å²) in [6.45, 7) is 6.90. The lowest BCUT2D eigenvalue weighted by Crippen LogP contribution is -2.24. The third-order valence-corrected chi connectivity index (χ3v) is 2.91. The maximum absolute atomic E-state index is 5.11. The summed E-state index contributed by atoms with van der Waals surface area (Å²) < 4.78 is 7.16. The molecule has 1 aromatic rings. The molecule has 4 heteroatoms.